The Morgan fingerprint density at radius 3 is 2.94 bits per heavy atom. The van der Waals surface area contributed by atoms with Gasteiger partial charge in [0.1, 0.15) is 5.75 Å². The largest absolute Gasteiger partial charge is 0.493 e. The first-order chi connectivity index (χ1) is 8.72. The molecule has 0 saturated carbocycles. The Balaban J connectivity index is 2.25. The predicted molar refractivity (Wildman–Crippen MR) is 74.7 cm³/mol. The van der Waals surface area contributed by atoms with E-state index in [0.717, 1.165) is 24.3 Å². The molecule has 1 aliphatic heterocycles. The lowest BCUT2D eigenvalue weighted by atomic mass is 10.0. The molecular weight excluding hydrogens is 224 g/mol. The number of rotatable bonds is 5. The van der Waals surface area contributed by atoms with E-state index in [-0.39, 0.29) is 0 Å². The molecule has 0 bridgehead atoms. The molecular formula is C15H22N2O. The summed E-state index contributed by atoms with van der Waals surface area (Å²) < 4.78 is 5.78. The zero-order valence-corrected chi connectivity index (χ0v) is 11.3. The minimum absolute atomic E-state index is 0.453. The van der Waals surface area contributed by atoms with Crippen molar-refractivity contribution in [1.29, 1.82) is 5.41 Å². The Morgan fingerprint density at radius 2 is 2.33 bits per heavy atom. The fourth-order valence-corrected chi connectivity index (χ4v) is 2.37. The molecule has 2 N–H and O–H groups in total. The van der Waals surface area contributed by atoms with Gasteiger partial charge in [0.05, 0.1) is 6.61 Å². The number of nitrogens with one attached hydrogen (secondary N) is 2. The molecule has 2 rings (SSSR count). The Bertz CT molecular complexity index is 423. The molecule has 1 aromatic rings. The second-order valence-corrected chi connectivity index (χ2v) is 4.88. The van der Waals surface area contributed by atoms with E-state index >= 15 is 0 Å². The molecule has 0 amide bonds. The van der Waals surface area contributed by atoms with Crippen molar-refractivity contribution < 1.29 is 4.74 Å². The first-order valence-electron chi connectivity index (χ1n) is 6.78. The van der Waals surface area contributed by atoms with Gasteiger partial charge in [0, 0.05) is 17.3 Å². The van der Waals surface area contributed by atoms with E-state index in [2.05, 4.69) is 24.4 Å². The lowest BCUT2D eigenvalue weighted by Gasteiger charge is -2.15. The van der Waals surface area contributed by atoms with Crippen LogP contribution in [0.2, 0.25) is 0 Å². The van der Waals surface area contributed by atoms with Crippen LogP contribution in [0.5, 0.6) is 5.75 Å². The topological polar surface area (TPSA) is 45.1 Å². The van der Waals surface area contributed by atoms with Crippen LogP contribution in [0.1, 0.15) is 50.3 Å². The van der Waals surface area contributed by atoms with Crippen LogP contribution >= 0.6 is 0 Å². The van der Waals surface area contributed by atoms with E-state index in [1.165, 1.54) is 18.4 Å². The van der Waals surface area contributed by atoms with Gasteiger partial charge in [-0.1, -0.05) is 13.0 Å². The molecule has 0 aliphatic carbocycles. The number of hydrogen-bond acceptors (Lipinski definition) is 3. The fourth-order valence-electron chi connectivity index (χ4n) is 2.37. The highest BCUT2D eigenvalue weighted by atomic mass is 16.5. The van der Waals surface area contributed by atoms with Gasteiger partial charge in [0.25, 0.3) is 0 Å². The highest BCUT2D eigenvalue weighted by molar-refractivity contribution is 5.98. The number of ether oxygens (including phenoxy) is 1. The smallest absolute Gasteiger partial charge is 0.128 e. The van der Waals surface area contributed by atoms with E-state index in [4.69, 9.17) is 10.1 Å². The van der Waals surface area contributed by atoms with Crippen LogP contribution in [0.15, 0.2) is 18.2 Å². The molecule has 3 heteroatoms. The van der Waals surface area contributed by atoms with Gasteiger partial charge in [-0.15, -0.1) is 0 Å². The van der Waals surface area contributed by atoms with Crippen molar-refractivity contribution in [2.45, 2.75) is 39.2 Å². The van der Waals surface area contributed by atoms with Crippen molar-refractivity contribution in [3.05, 3.63) is 29.3 Å². The molecule has 0 spiro atoms. The van der Waals surface area contributed by atoms with Crippen molar-refractivity contribution in [1.82, 2.24) is 5.32 Å². The minimum Gasteiger partial charge on any atom is -0.493 e. The van der Waals surface area contributed by atoms with Crippen LogP contribution in [0.25, 0.3) is 0 Å². The molecule has 0 radical (unpaired) electrons. The zero-order valence-electron chi connectivity index (χ0n) is 11.3. The van der Waals surface area contributed by atoms with Gasteiger partial charge < -0.3 is 15.5 Å². The Labute approximate surface area is 109 Å². The van der Waals surface area contributed by atoms with Gasteiger partial charge in [-0.25, -0.2) is 0 Å². The van der Waals surface area contributed by atoms with E-state index < -0.39 is 0 Å². The molecule has 1 fully saturated rings. The number of benzene rings is 1. The summed E-state index contributed by atoms with van der Waals surface area (Å²) in [5.41, 5.74) is 2.75. The summed E-state index contributed by atoms with van der Waals surface area (Å²) in [7, 11) is 0. The first kappa shape index (κ1) is 13.1. The van der Waals surface area contributed by atoms with Crippen LogP contribution in [-0.2, 0) is 0 Å². The fraction of sp³-hybridized carbons (Fsp3) is 0.533. The standard InChI is InChI=1S/C15H22N2O/c1-3-9-18-15-10-12(14-5-4-8-17-14)6-7-13(15)11(2)16/h6-7,10,14,16-17H,3-5,8-9H2,1-2H3/t14-/m1/s1. The van der Waals surface area contributed by atoms with E-state index in [1.54, 1.807) is 0 Å². The maximum absolute atomic E-state index is 7.80. The molecule has 18 heavy (non-hydrogen) atoms. The van der Waals surface area contributed by atoms with Crippen molar-refractivity contribution >= 4 is 5.71 Å². The summed E-state index contributed by atoms with van der Waals surface area (Å²) in [6, 6.07) is 6.69. The highest BCUT2D eigenvalue weighted by Gasteiger charge is 2.18. The molecule has 1 aromatic carbocycles. The normalized spacial score (nSPS) is 18.9. The van der Waals surface area contributed by atoms with Crippen molar-refractivity contribution in [2.75, 3.05) is 13.2 Å². The maximum Gasteiger partial charge on any atom is 0.128 e. The Hall–Kier alpha value is -1.35. The quantitative estimate of drug-likeness (QED) is 0.783. The Morgan fingerprint density at radius 1 is 1.50 bits per heavy atom. The molecule has 0 aromatic heterocycles. The van der Waals surface area contributed by atoms with Gasteiger partial charge >= 0.3 is 0 Å². The van der Waals surface area contributed by atoms with E-state index in [9.17, 15) is 0 Å². The molecule has 98 valence electrons. The van der Waals surface area contributed by atoms with Crippen LogP contribution in [0.3, 0.4) is 0 Å². The van der Waals surface area contributed by atoms with Crippen LogP contribution in [-0.4, -0.2) is 18.9 Å². The average Bonchev–Trinajstić information content (AvgIpc) is 2.89. The van der Waals surface area contributed by atoms with Gasteiger partial charge in [0.2, 0.25) is 0 Å². The molecule has 1 aliphatic rings. The van der Waals surface area contributed by atoms with Crippen molar-refractivity contribution in [3.8, 4) is 5.75 Å². The first-order valence-corrected chi connectivity index (χ1v) is 6.78. The maximum atomic E-state index is 7.80. The van der Waals surface area contributed by atoms with Gasteiger partial charge in [-0.3, -0.25) is 0 Å². The van der Waals surface area contributed by atoms with Gasteiger partial charge in [-0.05, 0) is 50.4 Å². The zero-order chi connectivity index (χ0) is 13.0. The second kappa shape index (κ2) is 6.01. The SMILES string of the molecule is CCCOc1cc([C@H]2CCCN2)ccc1C(C)=N. The van der Waals surface area contributed by atoms with Gasteiger partial charge in [0.15, 0.2) is 0 Å². The summed E-state index contributed by atoms with van der Waals surface area (Å²) in [5, 5.41) is 11.3. The van der Waals surface area contributed by atoms with Gasteiger partial charge in [-0.2, -0.15) is 0 Å². The second-order valence-electron chi connectivity index (χ2n) is 4.88. The van der Waals surface area contributed by atoms with Crippen LogP contribution in [0.4, 0.5) is 0 Å². The highest BCUT2D eigenvalue weighted by Crippen LogP contribution is 2.29. The van der Waals surface area contributed by atoms with Crippen molar-refractivity contribution in [2.24, 2.45) is 0 Å². The molecule has 1 saturated heterocycles. The summed E-state index contributed by atoms with van der Waals surface area (Å²) >= 11 is 0. The van der Waals surface area contributed by atoms with E-state index in [1.807, 2.05) is 13.0 Å². The molecule has 1 atom stereocenters. The monoisotopic (exact) mass is 246 g/mol. The molecule has 1 heterocycles. The number of hydrogen-bond donors (Lipinski definition) is 2. The third-order valence-corrected chi connectivity index (χ3v) is 3.33. The molecule has 0 unspecified atom stereocenters. The lowest BCUT2D eigenvalue weighted by Crippen LogP contribution is -2.13. The lowest BCUT2D eigenvalue weighted by molar-refractivity contribution is 0.316. The third kappa shape index (κ3) is 2.91. The van der Waals surface area contributed by atoms with E-state index in [0.29, 0.717) is 18.4 Å². The van der Waals surface area contributed by atoms with Crippen molar-refractivity contribution in [3.63, 3.8) is 0 Å². The third-order valence-electron chi connectivity index (χ3n) is 3.33. The Kier molecular flexibility index (Phi) is 4.37. The predicted octanol–water partition coefficient (Wildman–Crippen LogP) is 3.29. The average molecular weight is 246 g/mol. The summed E-state index contributed by atoms with van der Waals surface area (Å²) in [6.07, 6.45) is 3.42. The van der Waals surface area contributed by atoms with Crippen LogP contribution < -0.4 is 10.1 Å². The summed E-state index contributed by atoms with van der Waals surface area (Å²) in [4.78, 5) is 0. The molecule has 3 nitrogen and oxygen atoms in total. The van der Waals surface area contributed by atoms with Crippen LogP contribution in [0, 0.1) is 5.41 Å². The minimum atomic E-state index is 0.453. The summed E-state index contributed by atoms with van der Waals surface area (Å²) in [5.74, 6) is 0.857. The summed E-state index contributed by atoms with van der Waals surface area (Å²) in [6.45, 7) is 5.71.